The second kappa shape index (κ2) is 10.3. The van der Waals surface area contributed by atoms with Crippen molar-refractivity contribution in [3.05, 3.63) is 60.7 Å². The van der Waals surface area contributed by atoms with Crippen LogP contribution in [0.5, 0.6) is 11.5 Å². The third-order valence-electron chi connectivity index (χ3n) is 3.51. The molecule has 0 saturated carbocycles. The van der Waals surface area contributed by atoms with Crippen LogP contribution in [0.15, 0.2) is 60.7 Å². The number of carbonyl (C=O) groups is 1. The third-order valence-corrected chi connectivity index (χ3v) is 3.51. The molecule has 0 radical (unpaired) electrons. The zero-order valence-corrected chi connectivity index (χ0v) is 16.2. The van der Waals surface area contributed by atoms with E-state index in [1.165, 1.54) is 0 Å². The molecule has 0 unspecified atom stereocenters. The summed E-state index contributed by atoms with van der Waals surface area (Å²) in [6.45, 7) is 11.3. The first-order valence-electron chi connectivity index (χ1n) is 9.06. The highest BCUT2D eigenvalue weighted by atomic mass is 16.5. The standard InChI is InChI=1S/C22H28N2O3/c1-16(2)14-26-20-9-5-18(6-10-20)23-13-22(25)24-19-7-11-21(12-8-19)27-15-17(3)4/h5-12,16,23H,3,13-15H2,1-2,4H3,(H,24,25). The van der Waals surface area contributed by atoms with E-state index in [2.05, 4.69) is 31.1 Å². The van der Waals surface area contributed by atoms with Gasteiger partial charge in [0, 0.05) is 11.4 Å². The quantitative estimate of drug-likeness (QED) is 0.596. The minimum atomic E-state index is -0.120. The van der Waals surface area contributed by atoms with Crippen LogP contribution in [0.1, 0.15) is 20.8 Å². The number of benzene rings is 2. The lowest BCUT2D eigenvalue weighted by atomic mass is 10.2. The van der Waals surface area contributed by atoms with Gasteiger partial charge < -0.3 is 20.1 Å². The molecule has 0 spiro atoms. The summed E-state index contributed by atoms with van der Waals surface area (Å²) in [7, 11) is 0. The molecule has 2 rings (SSSR count). The van der Waals surface area contributed by atoms with Gasteiger partial charge >= 0.3 is 0 Å². The number of ether oxygens (including phenoxy) is 2. The van der Waals surface area contributed by atoms with Gasteiger partial charge in [0.2, 0.25) is 5.91 Å². The Kier molecular flexibility index (Phi) is 7.74. The minimum absolute atomic E-state index is 0.120. The highest BCUT2D eigenvalue weighted by Crippen LogP contribution is 2.17. The highest BCUT2D eigenvalue weighted by Gasteiger charge is 2.04. The Morgan fingerprint density at radius 1 is 0.963 bits per heavy atom. The lowest BCUT2D eigenvalue weighted by Gasteiger charge is -2.11. The van der Waals surface area contributed by atoms with Crippen molar-refractivity contribution in [2.75, 3.05) is 30.4 Å². The molecule has 0 heterocycles. The molecule has 0 bridgehead atoms. The number of anilines is 2. The molecule has 0 aliphatic carbocycles. The molecular weight excluding hydrogens is 340 g/mol. The van der Waals surface area contributed by atoms with Crippen molar-refractivity contribution in [1.82, 2.24) is 0 Å². The van der Waals surface area contributed by atoms with Crippen LogP contribution in [0.4, 0.5) is 11.4 Å². The Balaban J connectivity index is 1.76. The Labute approximate surface area is 161 Å². The molecule has 2 aromatic rings. The summed E-state index contributed by atoms with van der Waals surface area (Å²) >= 11 is 0. The molecule has 5 heteroatoms. The van der Waals surface area contributed by atoms with Gasteiger partial charge in [-0.2, -0.15) is 0 Å². The molecule has 5 nitrogen and oxygen atoms in total. The average Bonchev–Trinajstić information content (AvgIpc) is 2.65. The van der Waals surface area contributed by atoms with Crippen LogP contribution >= 0.6 is 0 Å². The summed E-state index contributed by atoms with van der Waals surface area (Å²) < 4.78 is 11.2. The van der Waals surface area contributed by atoms with Crippen LogP contribution in [0.25, 0.3) is 0 Å². The maximum atomic E-state index is 12.1. The maximum absolute atomic E-state index is 12.1. The van der Waals surface area contributed by atoms with E-state index in [0.29, 0.717) is 19.1 Å². The van der Waals surface area contributed by atoms with Gasteiger partial charge in [0.25, 0.3) is 0 Å². The average molecular weight is 368 g/mol. The molecule has 144 valence electrons. The Bertz CT molecular complexity index is 737. The van der Waals surface area contributed by atoms with Crippen LogP contribution in [0.3, 0.4) is 0 Å². The van der Waals surface area contributed by atoms with Gasteiger partial charge in [-0.3, -0.25) is 4.79 Å². The Morgan fingerprint density at radius 3 is 2.07 bits per heavy atom. The minimum Gasteiger partial charge on any atom is -0.493 e. The molecule has 0 aliphatic rings. The maximum Gasteiger partial charge on any atom is 0.243 e. The molecule has 2 aromatic carbocycles. The van der Waals surface area contributed by atoms with Crippen LogP contribution in [-0.4, -0.2) is 25.7 Å². The fourth-order valence-corrected chi connectivity index (χ4v) is 2.16. The first kappa shape index (κ1) is 20.4. The molecule has 0 atom stereocenters. The van der Waals surface area contributed by atoms with E-state index >= 15 is 0 Å². The van der Waals surface area contributed by atoms with Gasteiger partial charge in [-0.15, -0.1) is 0 Å². The summed E-state index contributed by atoms with van der Waals surface area (Å²) in [5, 5.41) is 5.95. The Hall–Kier alpha value is -2.95. The van der Waals surface area contributed by atoms with Crippen molar-refractivity contribution in [3.63, 3.8) is 0 Å². The van der Waals surface area contributed by atoms with Crippen molar-refractivity contribution in [2.45, 2.75) is 20.8 Å². The number of nitrogens with one attached hydrogen (secondary N) is 2. The van der Waals surface area contributed by atoms with E-state index in [1.54, 1.807) is 0 Å². The van der Waals surface area contributed by atoms with E-state index in [0.717, 1.165) is 28.4 Å². The monoisotopic (exact) mass is 368 g/mol. The van der Waals surface area contributed by atoms with E-state index in [4.69, 9.17) is 9.47 Å². The second-order valence-corrected chi connectivity index (χ2v) is 6.90. The number of carbonyl (C=O) groups excluding carboxylic acids is 1. The van der Waals surface area contributed by atoms with Crippen molar-refractivity contribution in [2.24, 2.45) is 5.92 Å². The number of rotatable bonds is 10. The first-order valence-corrected chi connectivity index (χ1v) is 9.06. The van der Waals surface area contributed by atoms with Gasteiger partial charge in [-0.1, -0.05) is 20.4 Å². The highest BCUT2D eigenvalue weighted by molar-refractivity contribution is 5.93. The zero-order chi connectivity index (χ0) is 19.6. The fourth-order valence-electron chi connectivity index (χ4n) is 2.16. The molecule has 0 aliphatic heterocycles. The van der Waals surface area contributed by atoms with Gasteiger partial charge in [0.1, 0.15) is 18.1 Å². The topological polar surface area (TPSA) is 59.6 Å². The van der Waals surface area contributed by atoms with Crippen LogP contribution in [-0.2, 0) is 4.79 Å². The molecule has 27 heavy (non-hydrogen) atoms. The number of amides is 1. The van der Waals surface area contributed by atoms with Crippen LogP contribution < -0.4 is 20.1 Å². The van der Waals surface area contributed by atoms with E-state index in [1.807, 2.05) is 55.5 Å². The predicted octanol–water partition coefficient (Wildman–Crippen LogP) is 4.73. The predicted molar refractivity (Wildman–Crippen MR) is 111 cm³/mol. The van der Waals surface area contributed by atoms with Gasteiger partial charge in [0.05, 0.1) is 13.2 Å². The van der Waals surface area contributed by atoms with Crippen molar-refractivity contribution in [1.29, 1.82) is 0 Å². The van der Waals surface area contributed by atoms with Gasteiger partial charge in [0.15, 0.2) is 0 Å². The van der Waals surface area contributed by atoms with E-state index < -0.39 is 0 Å². The third kappa shape index (κ3) is 7.86. The molecular formula is C22H28N2O3. The summed E-state index contributed by atoms with van der Waals surface area (Å²) in [4.78, 5) is 12.1. The normalized spacial score (nSPS) is 10.4. The Morgan fingerprint density at radius 2 is 1.52 bits per heavy atom. The summed E-state index contributed by atoms with van der Waals surface area (Å²) in [6, 6.07) is 14.9. The van der Waals surface area contributed by atoms with Crippen molar-refractivity contribution in [3.8, 4) is 11.5 Å². The van der Waals surface area contributed by atoms with Crippen molar-refractivity contribution >= 4 is 17.3 Å². The van der Waals surface area contributed by atoms with Crippen LogP contribution in [0, 0.1) is 5.92 Å². The summed E-state index contributed by atoms with van der Waals surface area (Å²) in [6.07, 6.45) is 0. The summed E-state index contributed by atoms with van der Waals surface area (Å²) in [5.74, 6) is 1.94. The van der Waals surface area contributed by atoms with E-state index in [-0.39, 0.29) is 12.5 Å². The smallest absolute Gasteiger partial charge is 0.243 e. The summed E-state index contributed by atoms with van der Waals surface area (Å²) in [5.41, 5.74) is 2.55. The fraction of sp³-hybridized carbons (Fsp3) is 0.318. The van der Waals surface area contributed by atoms with Crippen LogP contribution in [0.2, 0.25) is 0 Å². The lowest BCUT2D eigenvalue weighted by Crippen LogP contribution is -2.21. The lowest BCUT2D eigenvalue weighted by molar-refractivity contribution is -0.114. The molecule has 2 N–H and O–H groups in total. The second-order valence-electron chi connectivity index (χ2n) is 6.90. The zero-order valence-electron chi connectivity index (χ0n) is 16.2. The SMILES string of the molecule is C=C(C)COc1ccc(NC(=O)CNc2ccc(OCC(C)C)cc2)cc1. The largest absolute Gasteiger partial charge is 0.493 e. The van der Waals surface area contributed by atoms with Crippen molar-refractivity contribution < 1.29 is 14.3 Å². The van der Waals surface area contributed by atoms with E-state index in [9.17, 15) is 4.79 Å². The first-order chi connectivity index (χ1) is 12.9. The molecule has 0 fully saturated rings. The number of hydrogen-bond donors (Lipinski definition) is 2. The molecule has 0 aromatic heterocycles. The number of hydrogen-bond acceptors (Lipinski definition) is 4. The molecule has 1 amide bonds. The van der Waals surface area contributed by atoms with Gasteiger partial charge in [-0.05, 0) is 66.9 Å². The molecule has 0 saturated heterocycles. The van der Waals surface area contributed by atoms with Gasteiger partial charge in [-0.25, -0.2) is 0 Å².